The SMILES string of the molecule is CC(C)Oc1cc2nc([C@H]3CC[C@H](CN4CCC(c5ncc(NC6CCC(=O)NC6=O)cc5F)CC4)CC3)cn2cc1C(=O)Nc1cccn(C2CC2)c1=O. The van der Waals surface area contributed by atoms with Gasteiger partial charge in [0.2, 0.25) is 11.8 Å². The van der Waals surface area contributed by atoms with Crippen molar-refractivity contribution in [2.45, 2.75) is 108 Å². The predicted molar refractivity (Wildman–Crippen MR) is 205 cm³/mol. The van der Waals surface area contributed by atoms with Gasteiger partial charge in [-0.05, 0) is 103 Å². The highest BCUT2D eigenvalue weighted by Crippen LogP contribution is 2.38. The zero-order valence-corrected chi connectivity index (χ0v) is 31.4. The molecule has 4 aromatic heterocycles. The summed E-state index contributed by atoms with van der Waals surface area (Å²) in [5, 5.41) is 8.16. The van der Waals surface area contributed by atoms with Crippen LogP contribution in [0.4, 0.5) is 15.8 Å². The second-order valence-electron chi connectivity index (χ2n) is 16.0. The number of hydrogen-bond acceptors (Lipinski definition) is 9. The van der Waals surface area contributed by atoms with Crippen molar-refractivity contribution in [2.75, 3.05) is 30.3 Å². The third kappa shape index (κ3) is 8.29. The molecule has 0 aromatic carbocycles. The van der Waals surface area contributed by atoms with Gasteiger partial charge in [-0.15, -0.1) is 0 Å². The Morgan fingerprint density at radius 2 is 1.78 bits per heavy atom. The van der Waals surface area contributed by atoms with Gasteiger partial charge in [-0.3, -0.25) is 29.5 Å². The number of imide groups is 1. The molecular formula is C41H49FN8O5. The number of anilines is 2. The van der Waals surface area contributed by atoms with E-state index in [0.717, 1.165) is 76.7 Å². The molecule has 8 rings (SSSR count). The van der Waals surface area contributed by atoms with E-state index in [-0.39, 0.29) is 47.5 Å². The van der Waals surface area contributed by atoms with Gasteiger partial charge in [0.1, 0.15) is 28.9 Å². The van der Waals surface area contributed by atoms with E-state index in [4.69, 9.17) is 9.72 Å². The fourth-order valence-corrected chi connectivity index (χ4v) is 8.44. The van der Waals surface area contributed by atoms with Crippen molar-refractivity contribution in [3.05, 3.63) is 82.2 Å². The van der Waals surface area contributed by atoms with Crippen LogP contribution in [0.5, 0.6) is 5.75 Å². The van der Waals surface area contributed by atoms with E-state index in [1.54, 1.807) is 35.3 Å². The number of pyridine rings is 3. The summed E-state index contributed by atoms with van der Waals surface area (Å²) in [6, 6.07) is 6.28. The van der Waals surface area contributed by atoms with Crippen LogP contribution >= 0.6 is 0 Å². The van der Waals surface area contributed by atoms with E-state index < -0.39 is 17.9 Å². The molecule has 1 atom stereocenters. The van der Waals surface area contributed by atoms with Crippen LogP contribution < -0.4 is 26.2 Å². The smallest absolute Gasteiger partial charge is 0.274 e. The van der Waals surface area contributed by atoms with Crippen molar-refractivity contribution in [3.8, 4) is 5.75 Å². The first-order chi connectivity index (χ1) is 26.6. The molecule has 4 fully saturated rings. The first-order valence-electron chi connectivity index (χ1n) is 19.8. The van der Waals surface area contributed by atoms with E-state index in [1.807, 2.05) is 30.5 Å². The molecule has 4 aliphatic rings. The maximum Gasteiger partial charge on any atom is 0.274 e. The Kier molecular flexibility index (Phi) is 10.4. The van der Waals surface area contributed by atoms with Crippen LogP contribution in [0.2, 0.25) is 0 Å². The van der Waals surface area contributed by atoms with Crippen LogP contribution in [0.3, 0.4) is 0 Å². The quantitative estimate of drug-likeness (QED) is 0.162. The molecular weight excluding hydrogens is 704 g/mol. The molecule has 6 heterocycles. The number of ether oxygens (including phenoxy) is 1. The van der Waals surface area contributed by atoms with E-state index in [9.17, 15) is 19.2 Å². The van der Waals surface area contributed by atoms with Crippen molar-refractivity contribution in [1.82, 2.24) is 29.2 Å². The zero-order valence-electron chi connectivity index (χ0n) is 31.4. The summed E-state index contributed by atoms with van der Waals surface area (Å²) < 4.78 is 24.9. The fourth-order valence-electron chi connectivity index (χ4n) is 8.44. The largest absolute Gasteiger partial charge is 0.490 e. The second-order valence-corrected chi connectivity index (χ2v) is 16.0. The molecule has 14 heteroatoms. The lowest BCUT2D eigenvalue weighted by Gasteiger charge is -2.36. The summed E-state index contributed by atoms with van der Waals surface area (Å²) >= 11 is 0. The number of likely N-dealkylation sites (tertiary alicyclic amines) is 1. The number of hydrogen-bond donors (Lipinski definition) is 3. The predicted octanol–water partition coefficient (Wildman–Crippen LogP) is 5.78. The van der Waals surface area contributed by atoms with Crippen molar-refractivity contribution >= 4 is 34.7 Å². The van der Waals surface area contributed by atoms with Gasteiger partial charge in [0.25, 0.3) is 11.5 Å². The van der Waals surface area contributed by atoms with Gasteiger partial charge in [0, 0.05) is 61.6 Å². The Labute approximate surface area is 319 Å². The number of fused-ring (bicyclic) bond motifs is 1. The molecule has 0 spiro atoms. The molecule has 3 amide bonds. The number of imidazole rings is 1. The van der Waals surface area contributed by atoms with Crippen LogP contribution in [0.25, 0.3) is 5.65 Å². The van der Waals surface area contributed by atoms with Gasteiger partial charge in [-0.2, -0.15) is 0 Å². The summed E-state index contributed by atoms with van der Waals surface area (Å²) in [7, 11) is 0. The summed E-state index contributed by atoms with van der Waals surface area (Å²) in [5.41, 5.74) is 3.04. The molecule has 55 heavy (non-hydrogen) atoms. The number of aromatic nitrogens is 4. The van der Waals surface area contributed by atoms with Crippen LogP contribution in [-0.4, -0.2) is 73.3 Å². The standard InChI is InChI=1S/C41H49FN8O5/c1-24(2)55-35-19-36-45-34(23-49(36)22-30(35)39(52)46-33-4-3-15-50(41(33)54)29-9-10-29)26-7-5-25(6-8-26)21-48-16-13-27(14-17-48)38-31(42)18-28(20-43-38)44-32-11-12-37(51)47-40(32)53/h3-4,15,18-20,22-27,29,32,44H,5-14,16-17,21H2,1-2H3,(H,46,52)(H,47,51,53)/t25-,26-,32?. The third-order valence-electron chi connectivity index (χ3n) is 11.5. The van der Waals surface area contributed by atoms with Crippen LogP contribution in [-0.2, 0) is 9.59 Å². The first kappa shape index (κ1) is 36.8. The topological polar surface area (TPSA) is 152 Å². The molecule has 1 unspecified atom stereocenters. The summed E-state index contributed by atoms with van der Waals surface area (Å²) in [6.45, 7) is 6.64. The van der Waals surface area contributed by atoms with Gasteiger partial charge in [-0.25, -0.2) is 9.37 Å². The third-order valence-corrected chi connectivity index (χ3v) is 11.5. The average Bonchev–Trinajstić information content (AvgIpc) is 3.92. The number of carbonyl (C=O) groups is 3. The van der Waals surface area contributed by atoms with Gasteiger partial charge in [0.05, 0.1) is 34.9 Å². The number of rotatable bonds is 11. The lowest BCUT2D eigenvalue weighted by molar-refractivity contribution is -0.133. The minimum Gasteiger partial charge on any atom is -0.490 e. The van der Waals surface area contributed by atoms with Crippen LogP contribution in [0.15, 0.2) is 53.8 Å². The molecule has 0 radical (unpaired) electrons. The van der Waals surface area contributed by atoms with Gasteiger partial charge < -0.3 is 29.2 Å². The van der Waals surface area contributed by atoms with Crippen molar-refractivity contribution in [1.29, 1.82) is 0 Å². The number of carbonyl (C=O) groups excluding carboxylic acids is 3. The van der Waals surface area contributed by atoms with Crippen molar-refractivity contribution in [2.24, 2.45) is 5.92 Å². The van der Waals surface area contributed by atoms with E-state index in [0.29, 0.717) is 46.6 Å². The molecule has 0 bridgehead atoms. The number of halogens is 1. The Bertz CT molecular complexity index is 2150. The molecule has 2 saturated heterocycles. The summed E-state index contributed by atoms with van der Waals surface area (Å²) in [4.78, 5) is 62.1. The summed E-state index contributed by atoms with van der Waals surface area (Å²) in [5.74, 6) is -0.0691. The zero-order chi connectivity index (χ0) is 38.2. The molecule has 290 valence electrons. The van der Waals surface area contributed by atoms with E-state index >= 15 is 4.39 Å². The Hall–Kier alpha value is -5.11. The van der Waals surface area contributed by atoms with Gasteiger partial charge in [0.15, 0.2) is 0 Å². The normalized spacial score (nSPS) is 22.5. The molecule has 2 aliphatic carbocycles. The molecule has 13 nitrogen and oxygen atoms in total. The van der Waals surface area contributed by atoms with Gasteiger partial charge in [-0.1, -0.05) is 0 Å². The van der Waals surface area contributed by atoms with E-state index in [1.165, 1.54) is 6.07 Å². The molecule has 4 aromatic rings. The van der Waals surface area contributed by atoms with Crippen LogP contribution in [0, 0.1) is 11.7 Å². The maximum absolute atomic E-state index is 15.2. The number of piperidine rings is 2. The fraction of sp³-hybridized carbons (Fsp3) is 0.512. The highest BCUT2D eigenvalue weighted by molar-refractivity contribution is 6.06. The Balaban J connectivity index is 0.850. The monoisotopic (exact) mass is 752 g/mol. The van der Waals surface area contributed by atoms with E-state index in [2.05, 4.69) is 25.8 Å². The Morgan fingerprint density at radius 3 is 2.49 bits per heavy atom. The van der Waals surface area contributed by atoms with Crippen molar-refractivity contribution < 1.29 is 23.5 Å². The minimum atomic E-state index is -0.580. The molecule has 3 N–H and O–H groups in total. The maximum atomic E-state index is 15.2. The lowest BCUT2D eigenvalue weighted by atomic mass is 9.80. The second kappa shape index (κ2) is 15.6. The minimum absolute atomic E-state index is 0.0476. The molecule has 2 aliphatic heterocycles. The molecule has 2 saturated carbocycles. The number of nitrogens with zero attached hydrogens (tertiary/aromatic N) is 5. The van der Waals surface area contributed by atoms with Crippen molar-refractivity contribution in [3.63, 3.8) is 0 Å². The first-order valence-corrected chi connectivity index (χ1v) is 19.8. The Morgan fingerprint density at radius 1 is 1.00 bits per heavy atom. The highest BCUT2D eigenvalue weighted by Gasteiger charge is 2.31. The summed E-state index contributed by atoms with van der Waals surface area (Å²) in [6.07, 6.45) is 15.5. The lowest BCUT2D eigenvalue weighted by Crippen LogP contribution is -2.47. The van der Waals surface area contributed by atoms with Crippen LogP contribution in [0.1, 0.15) is 118 Å². The number of amides is 3. The van der Waals surface area contributed by atoms with Gasteiger partial charge >= 0.3 is 0 Å². The average molecular weight is 753 g/mol. The highest BCUT2D eigenvalue weighted by atomic mass is 19.1. The number of nitrogens with one attached hydrogen (secondary N) is 3.